The number of allylic oxidation sites excluding steroid dienone is 1. The zero-order valence-electron chi connectivity index (χ0n) is 18.7. The molecule has 0 aromatic rings. The van der Waals surface area contributed by atoms with E-state index in [4.69, 9.17) is 4.74 Å². The first kappa shape index (κ1) is 20.1. The summed E-state index contributed by atoms with van der Waals surface area (Å²) in [7, 11) is 0. The van der Waals surface area contributed by atoms with E-state index in [0.717, 1.165) is 12.8 Å². The van der Waals surface area contributed by atoms with Gasteiger partial charge in [0.2, 0.25) is 6.29 Å². The van der Waals surface area contributed by atoms with Gasteiger partial charge in [0.1, 0.15) is 0 Å². The van der Waals surface area contributed by atoms with E-state index in [2.05, 4.69) is 34.6 Å². The number of esters is 1. The summed E-state index contributed by atoms with van der Waals surface area (Å²) < 4.78 is 5.21. The van der Waals surface area contributed by atoms with Crippen LogP contribution in [0.25, 0.3) is 0 Å². The first-order valence-electron chi connectivity index (χ1n) is 11.7. The van der Waals surface area contributed by atoms with Crippen LogP contribution in [0.5, 0.6) is 0 Å². The monoisotopic (exact) mass is 402 g/mol. The molecule has 0 unspecified atom stereocenters. The third-order valence-corrected chi connectivity index (χ3v) is 10.9. The molecule has 0 spiro atoms. The summed E-state index contributed by atoms with van der Waals surface area (Å²) in [4.78, 5) is 12.3. The number of carbonyl (C=O) groups is 1. The summed E-state index contributed by atoms with van der Waals surface area (Å²) >= 11 is 0. The molecular formula is C25H38O4. The number of ether oxygens (including phenoxy) is 1. The van der Waals surface area contributed by atoms with E-state index >= 15 is 0 Å². The molecule has 0 amide bonds. The number of hydrogen-bond acceptors (Lipinski definition) is 4. The lowest BCUT2D eigenvalue weighted by Gasteiger charge is -2.70. The molecule has 0 bridgehead atoms. The van der Waals surface area contributed by atoms with Crippen LogP contribution < -0.4 is 0 Å². The highest BCUT2D eigenvalue weighted by Gasteiger charge is 2.70. The highest BCUT2D eigenvalue weighted by Crippen LogP contribution is 2.73. The number of fused-ring (bicyclic) bond motifs is 7. The first-order chi connectivity index (χ1) is 13.5. The second-order valence-corrected chi connectivity index (χ2v) is 12.3. The molecule has 162 valence electrons. The molecule has 3 saturated carbocycles. The van der Waals surface area contributed by atoms with Crippen molar-refractivity contribution in [2.24, 2.45) is 45.3 Å². The molecule has 0 aromatic carbocycles. The van der Waals surface area contributed by atoms with Crippen molar-refractivity contribution in [3.8, 4) is 0 Å². The fraction of sp³-hybridized carbons (Fsp3) is 0.880. The predicted octanol–water partition coefficient (Wildman–Crippen LogP) is 4.44. The van der Waals surface area contributed by atoms with Crippen molar-refractivity contribution in [3.63, 3.8) is 0 Å². The van der Waals surface area contributed by atoms with Gasteiger partial charge in [-0.2, -0.15) is 0 Å². The molecule has 4 aliphatic carbocycles. The summed E-state index contributed by atoms with van der Waals surface area (Å²) in [5.41, 5.74) is 0.799. The summed E-state index contributed by atoms with van der Waals surface area (Å²) in [6.45, 7) is 12.0. The quantitative estimate of drug-likeness (QED) is 0.588. The lowest BCUT2D eigenvalue weighted by atomic mass is 9.34. The van der Waals surface area contributed by atoms with Gasteiger partial charge in [-0.05, 0) is 72.5 Å². The molecule has 0 radical (unpaired) electrons. The van der Waals surface area contributed by atoms with Gasteiger partial charge in [-0.3, -0.25) is 0 Å². The summed E-state index contributed by atoms with van der Waals surface area (Å²) in [6.07, 6.45) is 8.21. The van der Waals surface area contributed by atoms with E-state index in [-0.39, 0.29) is 16.7 Å². The summed E-state index contributed by atoms with van der Waals surface area (Å²) in [5, 5.41) is 22.2. The molecule has 9 atom stereocenters. The topological polar surface area (TPSA) is 66.8 Å². The molecule has 4 fully saturated rings. The van der Waals surface area contributed by atoms with Gasteiger partial charge in [0.15, 0.2) is 0 Å². The van der Waals surface area contributed by atoms with E-state index < -0.39 is 29.7 Å². The Hall–Kier alpha value is -0.870. The van der Waals surface area contributed by atoms with Crippen LogP contribution in [0.4, 0.5) is 0 Å². The van der Waals surface area contributed by atoms with E-state index in [1.165, 1.54) is 32.1 Å². The number of aliphatic hydroxyl groups excluding tert-OH is 2. The van der Waals surface area contributed by atoms with Gasteiger partial charge < -0.3 is 14.9 Å². The third kappa shape index (κ3) is 2.31. The van der Waals surface area contributed by atoms with Crippen LogP contribution in [0.3, 0.4) is 0 Å². The van der Waals surface area contributed by atoms with Crippen LogP contribution >= 0.6 is 0 Å². The molecule has 1 heterocycles. The molecule has 4 heteroatoms. The van der Waals surface area contributed by atoms with Crippen LogP contribution in [0, 0.1) is 45.3 Å². The molecule has 0 aromatic heterocycles. The maximum atomic E-state index is 12.3. The summed E-state index contributed by atoms with van der Waals surface area (Å²) in [6, 6.07) is 0. The van der Waals surface area contributed by atoms with Crippen molar-refractivity contribution >= 4 is 5.97 Å². The van der Waals surface area contributed by atoms with E-state index in [9.17, 15) is 15.0 Å². The van der Waals surface area contributed by atoms with E-state index in [1.807, 2.05) is 6.08 Å². The fourth-order valence-corrected chi connectivity index (χ4v) is 9.63. The number of rotatable bonds is 0. The van der Waals surface area contributed by atoms with Gasteiger partial charge in [0.25, 0.3) is 0 Å². The number of cyclic esters (lactones) is 1. The van der Waals surface area contributed by atoms with Crippen molar-refractivity contribution in [1.29, 1.82) is 0 Å². The number of hydrogen-bond donors (Lipinski definition) is 2. The molecule has 2 N–H and O–H groups in total. The van der Waals surface area contributed by atoms with Gasteiger partial charge in [0, 0.05) is 11.0 Å². The minimum atomic E-state index is -1.13. The lowest BCUT2D eigenvalue weighted by molar-refractivity contribution is -0.247. The minimum absolute atomic E-state index is 0.111. The minimum Gasteiger partial charge on any atom is -0.432 e. The predicted molar refractivity (Wildman–Crippen MR) is 111 cm³/mol. The van der Waals surface area contributed by atoms with E-state index in [1.54, 1.807) is 0 Å². The molecular weight excluding hydrogens is 364 g/mol. The van der Waals surface area contributed by atoms with Crippen molar-refractivity contribution in [1.82, 2.24) is 0 Å². The number of carbonyl (C=O) groups excluding carboxylic acids is 1. The first-order valence-corrected chi connectivity index (χ1v) is 11.7. The van der Waals surface area contributed by atoms with Gasteiger partial charge >= 0.3 is 5.97 Å². The Balaban J connectivity index is 1.60. The van der Waals surface area contributed by atoms with Gasteiger partial charge in [-0.25, -0.2) is 4.79 Å². The molecule has 5 rings (SSSR count). The third-order valence-electron chi connectivity index (χ3n) is 10.9. The van der Waals surface area contributed by atoms with Crippen LogP contribution in [-0.4, -0.2) is 28.6 Å². The maximum Gasteiger partial charge on any atom is 0.336 e. The summed E-state index contributed by atoms with van der Waals surface area (Å²) in [5.74, 6) is 0.632. The Morgan fingerprint density at radius 2 is 1.66 bits per heavy atom. The standard InChI is InChI=1S/C25H38O4/c1-22(2)10-6-11-23(3)15(22)9-12-24(4)16-8-7-14-19(21(28)29-20(14)27)25(16,5)18(26)13-17(23)24/h7,15-19,21,26,28H,6,8-13H2,1-5H3/t15-,16+,17-,18+,19+,21-,23+,24+,25-/m1/s1. The van der Waals surface area contributed by atoms with Crippen molar-refractivity contribution in [2.75, 3.05) is 0 Å². The molecule has 1 saturated heterocycles. The highest BCUT2D eigenvalue weighted by molar-refractivity contribution is 5.91. The fourth-order valence-electron chi connectivity index (χ4n) is 9.63. The van der Waals surface area contributed by atoms with Crippen LogP contribution in [0.1, 0.15) is 79.6 Å². The normalized spacial score (nSPS) is 55.7. The van der Waals surface area contributed by atoms with Gasteiger partial charge in [-0.15, -0.1) is 0 Å². The Labute approximate surface area is 175 Å². The maximum absolute atomic E-state index is 12.3. The largest absolute Gasteiger partial charge is 0.432 e. The zero-order valence-corrected chi connectivity index (χ0v) is 18.7. The Kier molecular flexibility index (Phi) is 4.07. The van der Waals surface area contributed by atoms with Gasteiger partial charge in [-0.1, -0.05) is 47.1 Å². The molecule has 4 nitrogen and oxygen atoms in total. The average molecular weight is 403 g/mol. The molecule has 29 heavy (non-hydrogen) atoms. The molecule has 5 aliphatic rings. The van der Waals surface area contributed by atoms with E-state index in [0.29, 0.717) is 22.8 Å². The van der Waals surface area contributed by atoms with Crippen LogP contribution in [0.2, 0.25) is 0 Å². The molecule has 1 aliphatic heterocycles. The highest BCUT2D eigenvalue weighted by atomic mass is 16.6. The lowest BCUT2D eigenvalue weighted by Crippen LogP contribution is -2.66. The number of aliphatic hydroxyl groups is 2. The Bertz CT molecular complexity index is 771. The second-order valence-electron chi connectivity index (χ2n) is 12.3. The second kappa shape index (κ2) is 5.88. The van der Waals surface area contributed by atoms with Crippen molar-refractivity contribution < 1.29 is 19.7 Å². The SMILES string of the molecule is CC1(C)CCC[C@]2(C)[C@H]3C[C@H](O)[C@]4(C)[C@H]5C(=CC[C@H]4[C@]3(C)CC[C@H]12)C(=O)O[C@H]5O. The Morgan fingerprint density at radius 3 is 2.38 bits per heavy atom. The van der Waals surface area contributed by atoms with Crippen LogP contribution in [-0.2, 0) is 9.53 Å². The van der Waals surface area contributed by atoms with Crippen molar-refractivity contribution in [2.45, 2.75) is 92.0 Å². The van der Waals surface area contributed by atoms with Crippen molar-refractivity contribution in [3.05, 3.63) is 11.6 Å². The van der Waals surface area contributed by atoms with Crippen LogP contribution in [0.15, 0.2) is 11.6 Å². The zero-order chi connectivity index (χ0) is 21.0. The van der Waals surface area contributed by atoms with Gasteiger partial charge in [0.05, 0.1) is 12.0 Å². The Morgan fingerprint density at radius 1 is 0.966 bits per heavy atom. The smallest absolute Gasteiger partial charge is 0.336 e. The average Bonchev–Trinajstić information content (AvgIpc) is 2.91.